The Kier molecular flexibility index (Phi) is 7.49. The predicted molar refractivity (Wildman–Crippen MR) is 133 cm³/mol. The molecule has 1 amide bonds. The maximum Gasteiger partial charge on any atom is 0.416 e. The number of benzene rings is 2. The van der Waals surface area contributed by atoms with Gasteiger partial charge in [0.25, 0.3) is 0 Å². The first-order valence-electron chi connectivity index (χ1n) is 12.8. The molecular weight excluding hydrogens is 557 g/mol. The highest BCUT2D eigenvalue weighted by Gasteiger charge is 2.48. The number of allylic oxidation sites excluding steroid dienone is 2. The van der Waals surface area contributed by atoms with Gasteiger partial charge in [0.15, 0.2) is 0 Å². The number of fused-ring (bicyclic) bond motifs is 1. The van der Waals surface area contributed by atoms with Crippen LogP contribution in [0.2, 0.25) is 0 Å². The van der Waals surface area contributed by atoms with E-state index in [1.54, 1.807) is 17.1 Å². The van der Waals surface area contributed by atoms with Crippen LogP contribution in [0.4, 0.5) is 30.7 Å². The van der Waals surface area contributed by atoms with Gasteiger partial charge in [-0.05, 0) is 72.0 Å². The molecule has 3 heterocycles. The van der Waals surface area contributed by atoms with E-state index in [0.717, 1.165) is 10.6 Å². The summed E-state index contributed by atoms with van der Waals surface area (Å²) in [5.41, 5.74) is -1.16. The van der Waals surface area contributed by atoms with Crippen molar-refractivity contribution < 1.29 is 45.5 Å². The number of amides is 1. The second-order valence-electron chi connectivity index (χ2n) is 10.3. The van der Waals surface area contributed by atoms with Gasteiger partial charge in [-0.2, -0.15) is 26.3 Å². The number of carbonyl (C=O) groups excluding carboxylic acids is 1. The summed E-state index contributed by atoms with van der Waals surface area (Å²) in [5, 5.41) is 10.6. The van der Waals surface area contributed by atoms with Crippen molar-refractivity contribution in [2.45, 2.75) is 49.9 Å². The van der Waals surface area contributed by atoms with E-state index >= 15 is 0 Å². The van der Waals surface area contributed by atoms with Crippen LogP contribution in [0.5, 0.6) is 0 Å². The lowest BCUT2D eigenvalue weighted by molar-refractivity contribution is -0.143. The Morgan fingerprint density at radius 2 is 1.63 bits per heavy atom. The number of alkyl halides is 6. The molecule has 0 spiro atoms. The van der Waals surface area contributed by atoms with Gasteiger partial charge < -0.3 is 9.64 Å². The van der Waals surface area contributed by atoms with Crippen LogP contribution < -0.4 is 0 Å². The maximum absolute atomic E-state index is 13.8. The minimum absolute atomic E-state index is 0.0318. The summed E-state index contributed by atoms with van der Waals surface area (Å²) in [5.74, 6) is -1.38. The number of carbonyl (C=O) groups is 1. The van der Waals surface area contributed by atoms with Crippen LogP contribution in [-0.2, 0) is 21.9 Å². The van der Waals surface area contributed by atoms with Crippen LogP contribution in [0.1, 0.15) is 47.6 Å². The van der Waals surface area contributed by atoms with Gasteiger partial charge in [0.2, 0.25) is 5.91 Å². The minimum atomic E-state index is -5.01. The molecule has 0 radical (unpaired) electrons. The highest BCUT2D eigenvalue weighted by atomic mass is 19.4. The van der Waals surface area contributed by atoms with Gasteiger partial charge in [-0.15, -0.1) is 0 Å². The van der Waals surface area contributed by atoms with Crippen molar-refractivity contribution >= 4 is 5.91 Å². The van der Waals surface area contributed by atoms with Gasteiger partial charge in [-0.25, -0.2) is 4.39 Å². The summed E-state index contributed by atoms with van der Waals surface area (Å²) in [4.78, 5) is 14.8. The summed E-state index contributed by atoms with van der Waals surface area (Å²) in [6, 6.07) is 6.39. The van der Waals surface area contributed by atoms with Crippen molar-refractivity contribution in [3.63, 3.8) is 0 Å². The van der Waals surface area contributed by atoms with E-state index in [0.29, 0.717) is 29.7 Å². The van der Waals surface area contributed by atoms with Crippen LogP contribution in [0, 0.1) is 5.82 Å². The first-order chi connectivity index (χ1) is 19.2. The molecule has 0 aliphatic carbocycles. The van der Waals surface area contributed by atoms with Crippen LogP contribution in [-0.4, -0.2) is 46.3 Å². The molecule has 12 heteroatoms. The molecule has 1 saturated heterocycles. The molecule has 1 N–H and O–H groups in total. The standard InChI is InChI=1S/C29H25F7N2O3/c1-16(19-10-21(28(31,32)33)14-22(11-19)29(34,35)36)41-25-15-38-24(27(25)18-2-4-23(30)5-3-18)12-20(13-26(38)39)17-6-8-37(40)9-7-17/h2-8,10-11,13-14,16,24-25,27,40H,9,12,15H2,1H3/t16-,24?,25+,27?/m1/s1. The summed E-state index contributed by atoms with van der Waals surface area (Å²) in [6.45, 7) is 1.61. The number of ether oxygens (including phenoxy) is 1. The fraction of sp³-hybridized carbons (Fsp3) is 0.345. The number of rotatable bonds is 5. The average molecular weight is 583 g/mol. The molecule has 0 bridgehead atoms. The minimum Gasteiger partial charge on any atom is -0.368 e. The number of nitrogens with zero attached hydrogens (tertiary/aromatic N) is 2. The van der Waals surface area contributed by atoms with Gasteiger partial charge >= 0.3 is 12.4 Å². The molecule has 5 nitrogen and oxygen atoms in total. The third-order valence-corrected chi connectivity index (χ3v) is 7.61. The molecule has 0 aromatic heterocycles. The fourth-order valence-electron chi connectivity index (χ4n) is 5.62. The highest BCUT2D eigenvalue weighted by molar-refractivity contribution is 5.91. The molecule has 2 unspecified atom stereocenters. The van der Waals surface area contributed by atoms with Gasteiger partial charge in [0.05, 0.1) is 29.9 Å². The lowest BCUT2D eigenvalue weighted by Gasteiger charge is -2.33. The summed E-state index contributed by atoms with van der Waals surface area (Å²) < 4.78 is 101. The van der Waals surface area contributed by atoms with E-state index in [1.807, 2.05) is 0 Å². The Hall–Kier alpha value is -3.64. The SMILES string of the molecule is C[C@@H](O[C@H]1CN2C(=O)C=C(C3=CCN(O)C=C3)CC2C1c1ccc(F)cc1)c1cc(C(F)(F)F)cc(C(F)(F)F)c1. The Morgan fingerprint density at radius 1 is 1.00 bits per heavy atom. The van der Waals surface area contributed by atoms with E-state index < -0.39 is 53.5 Å². The zero-order chi connectivity index (χ0) is 29.7. The van der Waals surface area contributed by atoms with Crippen molar-refractivity contribution in [1.82, 2.24) is 9.96 Å². The Bertz CT molecular complexity index is 1380. The van der Waals surface area contributed by atoms with Crippen LogP contribution >= 0.6 is 0 Å². The lowest BCUT2D eigenvalue weighted by atomic mass is 9.83. The van der Waals surface area contributed by atoms with E-state index in [9.17, 15) is 40.7 Å². The maximum atomic E-state index is 13.8. The number of hydrogen-bond acceptors (Lipinski definition) is 4. The number of halogens is 7. The second kappa shape index (κ2) is 10.6. The zero-order valence-corrected chi connectivity index (χ0v) is 21.6. The highest BCUT2D eigenvalue weighted by Crippen LogP contribution is 2.44. The summed E-state index contributed by atoms with van der Waals surface area (Å²) in [7, 11) is 0. The third-order valence-electron chi connectivity index (χ3n) is 7.61. The van der Waals surface area contributed by atoms with Crippen molar-refractivity contribution in [3.05, 3.63) is 106 Å². The molecule has 4 atom stereocenters. The molecule has 5 rings (SSSR count). The second-order valence-corrected chi connectivity index (χ2v) is 10.3. The summed E-state index contributed by atoms with van der Waals surface area (Å²) in [6.07, 6.45) is -5.34. The largest absolute Gasteiger partial charge is 0.416 e. The molecular formula is C29H25F7N2O3. The fourth-order valence-corrected chi connectivity index (χ4v) is 5.62. The van der Waals surface area contributed by atoms with E-state index in [2.05, 4.69) is 0 Å². The number of hydroxylamine groups is 2. The van der Waals surface area contributed by atoms with Crippen molar-refractivity contribution in [2.24, 2.45) is 0 Å². The summed E-state index contributed by atoms with van der Waals surface area (Å²) >= 11 is 0. The third kappa shape index (κ3) is 6.03. The smallest absolute Gasteiger partial charge is 0.368 e. The Balaban J connectivity index is 1.48. The molecule has 2 aromatic carbocycles. The zero-order valence-electron chi connectivity index (χ0n) is 21.6. The molecule has 41 heavy (non-hydrogen) atoms. The van der Waals surface area contributed by atoms with Gasteiger partial charge in [0, 0.05) is 30.8 Å². The lowest BCUT2D eigenvalue weighted by Crippen LogP contribution is -2.40. The Labute approximate surface area is 230 Å². The number of hydrogen-bond donors (Lipinski definition) is 1. The van der Waals surface area contributed by atoms with Crippen LogP contribution in [0.15, 0.2) is 78.0 Å². The molecule has 218 valence electrons. The van der Waals surface area contributed by atoms with Gasteiger partial charge in [0.1, 0.15) is 5.82 Å². The van der Waals surface area contributed by atoms with E-state index in [1.165, 1.54) is 43.5 Å². The van der Waals surface area contributed by atoms with Crippen LogP contribution in [0.3, 0.4) is 0 Å². The molecule has 3 aliphatic rings. The Morgan fingerprint density at radius 3 is 2.20 bits per heavy atom. The molecule has 0 saturated carbocycles. The van der Waals surface area contributed by atoms with Crippen LogP contribution in [0.25, 0.3) is 0 Å². The van der Waals surface area contributed by atoms with Gasteiger partial charge in [-0.3, -0.25) is 15.1 Å². The predicted octanol–water partition coefficient (Wildman–Crippen LogP) is 6.78. The van der Waals surface area contributed by atoms with Gasteiger partial charge in [-0.1, -0.05) is 18.2 Å². The van der Waals surface area contributed by atoms with Crippen molar-refractivity contribution in [2.75, 3.05) is 13.1 Å². The average Bonchev–Trinajstić information content (AvgIpc) is 3.26. The first-order valence-corrected chi connectivity index (χ1v) is 12.8. The molecule has 1 fully saturated rings. The monoisotopic (exact) mass is 582 g/mol. The van der Waals surface area contributed by atoms with Crippen molar-refractivity contribution in [1.29, 1.82) is 0 Å². The first kappa shape index (κ1) is 28.9. The molecule has 3 aliphatic heterocycles. The van der Waals surface area contributed by atoms with E-state index in [4.69, 9.17) is 4.74 Å². The normalized spacial score (nSPS) is 23.8. The topological polar surface area (TPSA) is 53.0 Å². The van der Waals surface area contributed by atoms with Crippen molar-refractivity contribution in [3.8, 4) is 0 Å². The quantitative estimate of drug-likeness (QED) is 0.395. The molecule has 2 aromatic rings. The van der Waals surface area contributed by atoms with E-state index in [-0.39, 0.29) is 30.6 Å².